The van der Waals surface area contributed by atoms with Crippen molar-refractivity contribution in [3.63, 3.8) is 0 Å². The molecule has 2 N–H and O–H groups in total. The Morgan fingerprint density at radius 3 is 2.51 bits per heavy atom. The predicted octanol–water partition coefficient (Wildman–Crippen LogP) is 3.85. The SMILES string of the molecule is CCC/C=C/C=C\C(=O)O[C@@H]1[C@@H](C)[C@]2(O)[C@@H]3C=C(C)C(=O)[C@@H]3CC(CO)=C[C@H]2[C@@H]2C(C)(C)[C@]12OC(C)=O. The lowest BCUT2D eigenvalue weighted by Crippen LogP contribution is -2.63. The number of allylic oxidation sites excluding steroid dienone is 4. The normalized spacial score (nSPS) is 39.8. The average Bonchev–Trinajstić information content (AvgIpc) is 3.22. The van der Waals surface area contributed by atoms with Crippen molar-refractivity contribution in [3.05, 3.63) is 47.6 Å². The monoisotopic (exact) mass is 512 g/mol. The summed E-state index contributed by atoms with van der Waals surface area (Å²) in [5.74, 6) is -3.67. The van der Waals surface area contributed by atoms with E-state index in [9.17, 15) is 24.6 Å². The number of hydrogen-bond donors (Lipinski definition) is 2. The third-order valence-corrected chi connectivity index (χ3v) is 9.38. The molecule has 0 bridgehead atoms. The Balaban J connectivity index is 1.81. The number of rotatable bonds is 7. The first-order valence-electron chi connectivity index (χ1n) is 13.4. The summed E-state index contributed by atoms with van der Waals surface area (Å²) in [5, 5.41) is 22.7. The van der Waals surface area contributed by atoms with Gasteiger partial charge in [-0.1, -0.05) is 64.5 Å². The lowest BCUT2D eigenvalue weighted by molar-refractivity contribution is -0.217. The summed E-state index contributed by atoms with van der Waals surface area (Å²) in [6, 6.07) is 0. The van der Waals surface area contributed by atoms with E-state index in [4.69, 9.17) is 9.47 Å². The fourth-order valence-electron chi connectivity index (χ4n) is 7.64. The van der Waals surface area contributed by atoms with E-state index in [0.29, 0.717) is 17.6 Å². The fraction of sp³-hybridized carbons (Fsp3) is 0.633. The minimum atomic E-state index is -1.45. The van der Waals surface area contributed by atoms with Gasteiger partial charge in [0.1, 0.15) is 6.10 Å². The average molecular weight is 513 g/mol. The molecule has 202 valence electrons. The molecular weight excluding hydrogens is 472 g/mol. The van der Waals surface area contributed by atoms with Crippen LogP contribution in [0.5, 0.6) is 0 Å². The standard InChI is InChI=1S/C30H40O7/c1-7-8-9-10-11-12-24(33)36-27-18(3)29(35)22-13-17(2)25(34)21(22)14-20(16-31)15-23(29)26-28(5,6)30(26,27)37-19(4)32/h9-13,15,18,21-23,26-27,31,35H,7-8,14,16H2,1-6H3/b10-9+,12-11-/t18-,21-,22-,23+,26-,27-,29+,30-/m1/s1. The molecule has 8 atom stereocenters. The summed E-state index contributed by atoms with van der Waals surface area (Å²) < 4.78 is 12.1. The first kappa shape index (κ1) is 27.5. The Kier molecular flexibility index (Phi) is 7.19. The highest BCUT2D eigenvalue weighted by atomic mass is 16.6. The summed E-state index contributed by atoms with van der Waals surface area (Å²) in [4.78, 5) is 38.5. The third-order valence-electron chi connectivity index (χ3n) is 9.38. The van der Waals surface area contributed by atoms with Crippen molar-refractivity contribution in [1.82, 2.24) is 0 Å². The zero-order valence-corrected chi connectivity index (χ0v) is 22.7. The van der Waals surface area contributed by atoms with E-state index in [-0.39, 0.29) is 18.3 Å². The maximum atomic E-state index is 13.1. The minimum absolute atomic E-state index is 0.0344. The van der Waals surface area contributed by atoms with Crippen LogP contribution in [0.3, 0.4) is 0 Å². The van der Waals surface area contributed by atoms with Gasteiger partial charge in [-0.3, -0.25) is 9.59 Å². The highest BCUT2D eigenvalue weighted by Gasteiger charge is 2.87. The molecule has 4 rings (SSSR count). The van der Waals surface area contributed by atoms with Crippen LogP contribution in [0.15, 0.2) is 47.6 Å². The van der Waals surface area contributed by atoms with Crippen molar-refractivity contribution in [1.29, 1.82) is 0 Å². The van der Waals surface area contributed by atoms with E-state index < -0.39 is 58.3 Å². The number of aliphatic hydroxyl groups excluding tert-OH is 1. The van der Waals surface area contributed by atoms with Crippen molar-refractivity contribution >= 4 is 17.7 Å². The number of carbonyl (C=O) groups excluding carboxylic acids is 3. The van der Waals surface area contributed by atoms with Gasteiger partial charge in [-0.15, -0.1) is 0 Å². The van der Waals surface area contributed by atoms with Crippen LogP contribution in [0.4, 0.5) is 0 Å². The minimum Gasteiger partial charge on any atom is -0.455 e. The van der Waals surface area contributed by atoms with Gasteiger partial charge in [0.2, 0.25) is 0 Å². The van der Waals surface area contributed by atoms with E-state index in [0.717, 1.165) is 12.8 Å². The van der Waals surface area contributed by atoms with Gasteiger partial charge < -0.3 is 19.7 Å². The van der Waals surface area contributed by atoms with E-state index in [1.807, 2.05) is 39.0 Å². The van der Waals surface area contributed by atoms with Crippen LogP contribution < -0.4 is 0 Å². The molecule has 7 nitrogen and oxygen atoms in total. The Morgan fingerprint density at radius 2 is 1.89 bits per heavy atom. The zero-order valence-electron chi connectivity index (χ0n) is 22.7. The quantitative estimate of drug-likeness (QED) is 0.231. The second-order valence-electron chi connectivity index (χ2n) is 11.8. The molecule has 2 saturated carbocycles. The van der Waals surface area contributed by atoms with Gasteiger partial charge in [-0.05, 0) is 30.9 Å². The molecular formula is C30H40O7. The highest BCUT2D eigenvalue weighted by Crippen LogP contribution is 2.76. The molecule has 4 aliphatic rings. The van der Waals surface area contributed by atoms with Gasteiger partial charge in [0.25, 0.3) is 0 Å². The Morgan fingerprint density at radius 1 is 1.19 bits per heavy atom. The molecule has 0 spiro atoms. The third kappa shape index (κ3) is 4.06. The van der Waals surface area contributed by atoms with E-state index in [2.05, 4.69) is 6.92 Å². The molecule has 37 heavy (non-hydrogen) atoms. The molecule has 0 radical (unpaired) electrons. The molecule has 0 heterocycles. The van der Waals surface area contributed by atoms with E-state index in [1.54, 1.807) is 19.1 Å². The topological polar surface area (TPSA) is 110 Å². The van der Waals surface area contributed by atoms with Crippen molar-refractivity contribution in [2.75, 3.05) is 6.61 Å². The molecule has 4 aliphatic carbocycles. The summed E-state index contributed by atoms with van der Waals surface area (Å²) in [7, 11) is 0. The van der Waals surface area contributed by atoms with E-state index >= 15 is 0 Å². The van der Waals surface area contributed by atoms with Gasteiger partial charge in [0.05, 0.1) is 12.2 Å². The number of Topliss-reactive ketones (excluding diaryl/α,β-unsaturated/α-hetero) is 1. The molecule has 0 unspecified atom stereocenters. The van der Waals surface area contributed by atoms with Crippen LogP contribution in [0.1, 0.15) is 60.8 Å². The van der Waals surface area contributed by atoms with Crippen LogP contribution in [0.2, 0.25) is 0 Å². The maximum absolute atomic E-state index is 13.1. The number of carbonyl (C=O) groups is 3. The first-order valence-corrected chi connectivity index (χ1v) is 13.4. The summed E-state index contributed by atoms with van der Waals surface area (Å²) in [6.45, 7) is 10.7. The summed E-state index contributed by atoms with van der Waals surface area (Å²) >= 11 is 0. The number of hydrogen-bond acceptors (Lipinski definition) is 7. The van der Waals surface area contributed by atoms with Crippen LogP contribution in [-0.2, 0) is 23.9 Å². The lowest BCUT2D eigenvalue weighted by Gasteiger charge is -2.52. The van der Waals surface area contributed by atoms with Gasteiger partial charge >= 0.3 is 11.9 Å². The van der Waals surface area contributed by atoms with Crippen molar-refractivity contribution < 1.29 is 34.1 Å². The fourth-order valence-corrected chi connectivity index (χ4v) is 7.64. The van der Waals surface area contributed by atoms with Crippen molar-refractivity contribution in [3.8, 4) is 0 Å². The number of aliphatic hydroxyl groups is 2. The van der Waals surface area contributed by atoms with Crippen LogP contribution in [-0.4, -0.2) is 51.8 Å². The second-order valence-corrected chi connectivity index (χ2v) is 11.8. The molecule has 0 aliphatic heterocycles. The molecule has 0 aromatic heterocycles. The highest BCUT2D eigenvalue weighted by molar-refractivity contribution is 6.00. The molecule has 2 fully saturated rings. The molecule has 7 heteroatoms. The van der Waals surface area contributed by atoms with Crippen LogP contribution >= 0.6 is 0 Å². The number of ketones is 1. The zero-order chi connectivity index (χ0) is 27.3. The van der Waals surface area contributed by atoms with Gasteiger partial charge in [-0.25, -0.2) is 4.79 Å². The molecule has 0 amide bonds. The number of ether oxygens (including phenoxy) is 2. The van der Waals surface area contributed by atoms with Gasteiger partial charge in [0.15, 0.2) is 11.4 Å². The van der Waals surface area contributed by atoms with Crippen LogP contribution in [0, 0.1) is 35.0 Å². The smallest absolute Gasteiger partial charge is 0.331 e. The molecule has 0 aromatic carbocycles. The maximum Gasteiger partial charge on any atom is 0.331 e. The van der Waals surface area contributed by atoms with Crippen molar-refractivity contribution in [2.45, 2.75) is 78.1 Å². The molecule has 0 saturated heterocycles. The van der Waals surface area contributed by atoms with Gasteiger partial charge in [0, 0.05) is 48.0 Å². The number of esters is 2. The predicted molar refractivity (Wildman–Crippen MR) is 138 cm³/mol. The lowest BCUT2D eigenvalue weighted by atomic mass is 9.60. The first-order chi connectivity index (χ1) is 17.4. The van der Waals surface area contributed by atoms with E-state index in [1.165, 1.54) is 13.0 Å². The second kappa shape index (κ2) is 9.66. The Bertz CT molecular complexity index is 1100. The van der Waals surface area contributed by atoms with Crippen molar-refractivity contribution in [2.24, 2.45) is 35.0 Å². The Hall–Kier alpha value is -2.51. The largest absolute Gasteiger partial charge is 0.455 e. The Labute approximate surface area is 219 Å². The summed E-state index contributed by atoms with van der Waals surface area (Å²) in [5.41, 5.74) is -1.94. The van der Waals surface area contributed by atoms with Crippen LogP contribution in [0.25, 0.3) is 0 Å². The molecule has 0 aromatic rings. The number of fused-ring (bicyclic) bond motifs is 5. The summed E-state index contributed by atoms with van der Waals surface area (Å²) in [6.07, 6.45) is 11.8. The number of unbranched alkanes of at least 4 members (excludes halogenated alkanes) is 1. The van der Waals surface area contributed by atoms with Gasteiger partial charge in [-0.2, -0.15) is 0 Å².